The number of hydrogen-bond donors (Lipinski definition) is 0. The minimum Gasteiger partial charge on any atom is -0.362 e. The van der Waals surface area contributed by atoms with Crippen molar-refractivity contribution in [1.29, 1.82) is 0 Å². The molecule has 0 bridgehead atoms. The fraction of sp³-hybridized carbons (Fsp3) is 0.667. The number of piperidine rings is 1. The van der Waals surface area contributed by atoms with E-state index in [-0.39, 0.29) is 6.04 Å². The Morgan fingerprint density at radius 1 is 1.41 bits per heavy atom. The normalized spacial score (nSPS) is 31.2. The molecule has 2 aliphatic rings. The number of hydrogen-bond acceptors (Lipinski definition) is 2. The Balaban J connectivity index is 2.20. The summed E-state index contributed by atoms with van der Waals surface area (Å²) in [5.41, 5.74) is 1.37. The van der Waals surface area contributed by atoms with Gasteiger partial charge in [0.05, 0.1) is 6.04 Å². The van der Waals surface area contributed by atoms with Gasteiger partial charge in [0, 0.05) is 18.2 Å². The van der Waals surface area contributed by atoms with E-state index in [4.69, 9.17) is 0 Å². The number of carbonyl (C=O) groups excluding carboxylic acids is 1. The van der Waals surface area contributed by atoms with Crippen molar-refractivity contribution in [2.75, 3.05) is 0 Å². The molecular weight excluding hydrogens is 210 g/mol. The Morgan fingerprint density at radius 3 is 2.94 bits per heavy atom. The van der Waals surface area contributed by atoms with E-state index in [9.17, 15) is 4.79 Å². The molecule has 2 nitrogen and oxygen atoms in total. The molecule has 2 fully saturated rings. The second kappa shape index (κ2) is 5.52. The summed E-state index contributed by atoms with van der Waals surface area (Å²) in [5, 5.41) is 0. The van der Waals surface area contributed by atoms with Gasteiger partial charge in [-0.2, -0.15) is 0 Å². The van der Waals surface area contributed by atoms with Crippen LogP contribution in [-0.2, 0) is 4.79 Å². The number of nitrogens with zero attached hydrogens (tertiary/aromatic N) is 1. The van der Waals surface area contributed by atoms with E-state index >= 15 is 0 Å². The van der Waals surface area contributed by atoms with Crippen LogP contribution in [0.15, 0.2) is 23.9 Å². The molecule has 0 aromatic heterocycles. The van der Waals surface area contributed by atoms with Crippen LogP contribution in [0.5, 0.6) is 0 Å². The fourth-order valence-corrected chi connectivity index (χ4v) is 3.17. The van der Waals surface area contributed by atoms with Gasteiger partial charge in [-0.3, -0.25) is 4.79 Å². The Kier molecular flexibility index (Phi) is 4.03. The van der Waals surface area contributed by atoms with Gasteiger partial charge in [0.15, 0.2) is 5.78 Å². The van der Waals surface area contributed by atoms with Crippen molar-refractivity contribution in [2.24, 2.45) is 0 Å². The molecule has 94 valence electrons. The molecule has 2 atom stereocenters. The summed E-state index contributed by atoms with van der Waals surface area (Å²) in [6.45, 7) is 4.02. The minimum absolute atomic E-state index is 0.165. The third-order valence-electron chi connectivity index (χ3n) is 4.01. The summed E-state index contributed by atoms with van der Waals surface area (Å²) < 4.78 is 0. The highest BCUT2D eigenvalue weighted by atomic mass is 16.1. The Hall–Kier alpha value is -1.05. The number of rotatable bonds is 3. The van der Waals surface area contributed by atoms with Crippen LogP contribution in [0.25, 0.3) is 0 Å². The number of Topliss-reactive ketones (excluding diaryl/α,β-unsaturated/α-hetero) is 1. The van der Waals surface area contributed by atoms with Crippen molar-refractivity contribution in [3.8, 4) is 0 Å². The monoisotopic (exact) mass is 233 g/mol. The molecule has 0 saturated carbocycles. The van der Waals surface area contributed by atoms with Crippen molar-refractivity contribution in [3.05, 3.63) is 23.9 Å². The van der Waals surface area contributed by atoms with E-state index in [2.05, 4.69) is 23.1 Å². The van der Waals surface area contributed by atoms with Gasteiger partial charge < -0.3 is 4.90 Å². The average molecular weight is 233 g/mol. The summed E-state index contributed by atoms with van der Waals surface area (Å²) in [4.78, 5) is 14.5. The van der Waals surface area contributed by atoms with E-state index in [1.165, 1.54) is 25.0 Å². The molecule has 0 unspecified atom stereocenters. The van der Waals surface area contributed by atoms with Crippen LogP contribution in [0.3, 0.4) is 0 Å². The van der Waals surface area contributed by atoms with Crippen molar-refractivity contribution in [3.63, 3.8) is 0 Å². The SMILES string of the molecule is C/C=C/C=C1\CC[C@H]2CCC[C@@H](C(=O)CC)N12. The maximum absolute atomic E-state index is 12.0. The molecule has 2 aliphatic heterocycles. The van der Waals surface area contributed by atoms with Gasteiger partial charge in [0.2, 0.25) is 0 Å². The first-order chi connectivity index (χ1) is 8.27. The lowest BCUT2D eigenvalue weighted by Crippen LogP contribution is -2.46. The first-order valence-corrected chi connectivity index (χ1v) is 6.90. The lowest BCUT2D eigenvalue weighted by Gasteiger charge is -2.39. The molecule has 0 aliphatic carbocycles. The molecule has 0 N–H and O–H groups in total. The first-order valence-electron chi connectivity index (χ1n) is 6.90. The molecule has 2 heteroatoms. The predicted molar refractivity (Wildman–Crippen MR) is 70.7 cm³/mol. The highest BCUT2D eigenvalue weighted by molar-refractivity contribution is 5.84. The van der Waals surface area contributed by atoms with Crippen molar-refractivity contribution < 1.29 is 4.79 Å². The van der Waals surface area contributed by atoms with Gasteiger partial charge in [-0.1, -0.05) is 19.1 Å². The second-order valence-electron chi connectivity index (χ2n) is 5.05. The third kappa shape index (κ3) is 2.46. The summed E-state index contributed by atoms with van der Waals surface area (Å²) >= 11 is 0. The number of allylic oxidation sites excluding steroid dienone is 4. The largest absolute Gasteiger partial charge is 0.362 e. The minimum atomic E-state index is 0.165. The van der Waals surface area contributed by atoms with Gasteiger partial charge in [-0.15, -0.1) is 0 Å². The van der Waals surface area contributed by atoms with Crippen LogP contribution in [0.1, 0.15) is 52.4 Å². The molecule has 0 radical (unpaired) electrons. The molecule has 17 heavy (non-hydrogen) atoms. The van der Waals surface area contributed by atoms with Gasteiger partial charge in [0.25, 0.3) is 0 Å². The summed E-state index contributed by atoms with van der Waals surface area (Å²) in [7, 11) is 0. The fourth-order valence-electron chi connectivity index (χ4n) is 3.17. The van der Waals surface area contributed by atoms with E-state index in [1.54, 1.807) is 0 Å². The molecule has 2 heterocycles. The highest BCUT2D eigenvalue weighted by Crippen LogP contribution is 2.38. The summed E-state index contributed by atoms with van der Waals surface area (Å²) in [5.74, 6) is 0.419. The lowest BCUT2D eigenvalue weighted by molar-refractivity contribution is -0.124. The number of fused-ring (bicyclic) bond motifs is 1. The van der Waals surface area contributed by atoms with E-state index in [0.29, 0.717) is 18.2 Å². The zero-order chi connectivity index (χ0) is 12.3. The molecule has 2 rings (SSSR count). The van der Waals surface area contributed by atoms with Crippen molar-refractivity contribution in [1.82, 2.24) is 4.90 Å². The van der Waals surface area contributed by atoms with Crippen LogP contribution in [0.4, 0.5) is 0 Å². The topological polar surface area (TPSA) is 20.3 Å². The van der Waals surface area contributed by atoms with Gasteiger partial charge in [0.1, 0.15) is 0 Å². The van der Waals surface area contributed by atoms with Crippen LogP contribution < -0.4 is 0 Å². The van der Waals surface area contributed by atoms with Gasteiger partial charge in [-0.05, 0) is 45.1 Å². The first kappa shape index (κ1) is 12.4. The lowest BCUT2D eigenvalue weighted by atomic mass is 9.93. The standard InChI is InChI=1S/C15H23NO/c1-3-5-7-12-10-11-13-8-6-9-14(16(12)13)15(17)4-2/h3,5,7,13-14H,4,6,8-11H2,1-2H3/b5-3+,12-7+/t13-,14+/m1/s1. The van der Waals surface area contributed by atoms with Crippen molar-refractivity contribution >= 4 is 5.78 Å². The Morgan fingerprint density at radius 2 is 2.24 bits per heavy atom. The predicted octanol–water partition coefficient (Wildman–Crippen LogP) is 3.44. The summed E-state index contributed by atoms with van der Waals surface area (Å²) in [6, 6.07) is 0.790. The molecule has 0 amide bonds. The smallest absolute Gasteiger partial charge is 0.154 e. The molecule has 2 saturated heterocycles. The van der Waals surface area contributed by atoms with Crippen LogP contribution >= 0.6 is 0 Å². The van der Waals surface area contributed by atoms with E-state index in [0.717, 1.165) is 12.8 Å². The zero-order valence-electron chi connectivity index (χ0n) is 11.0. The Bertz CT molecular complexity index is 343. The highest BCUT2D eigenvalue weighted by Gasteiger charge is 2.38. The average Bonchev–Trinajstić information content (AvgIpc) is 2.78. The van der Waals surface area contributed by atoms with Crippen LogP contribution in [0.2, 0.25) is 0 Å². The maximum Gasteiger partial charge on any atom is 0.154 e. The number of carbonyl (C=O) groups is 1. The van der Waals surface area contributed by atoms with Gasteiger partial charge >= 0.3 is 0 Å². The molecule has 0 aromatic carbocycles. The summed E-state index contributed by atoms with van der Waals surface area (Å²) in [6.07, 6.45) is 12.9. The molecule has 0 spiro atoms. The quantitative estimate of drug-likeness (QED) is 0.744. The van der Waals surface area contributed by atoms with Crippen LogP contribution in [-0.4, -0.2) is 22.8 Å². The number of ketones is 1. The maximum atomic E-state index is 12.0. The zero-order valence-corrected chi connectivity index (χ0v) is 11.0. The van der Waals surface area contributed by atoms with E-state index in [1.807, 2.05) is 13.8 Å². The molecule has 0 aromatic rings. The molecular formula is C15H23NO. The van der Waals surface area contributed by atoms with Crippen molar-refractivity contribution in [2.45, 2.75) is 64.5 Å². The van der Waals surface area contributed by atoms with Crippen LogP contribution in [0, 0.1) is 0 Å². The third-order valence-corrected chi connectivity index (χ3v) is 4.01. The van der Waals surface area contributed by atoms with E-state index < -0.39 is 0 Å². The Labute approximate surface area is 104 Å². The van der Waals surface area contributed by atoms with Gasteiger partial charge in [-0.25, -0.2) is 0 Å². The second-order valence-corrected chi connectivity index (χ2v) is 5.05.